The van der Waals surface area contributed by atoms with E-state index in [1.807, 2.05) is 73.8 Å². The predicted octanol–water partition coefficient (Wildman–Crippen LogP) is 5.74. The van der Waals surface area contributed by atoms with Gasteiger partial charge in [-0.05, 0) is 48.7 Å². The lowest BCUT2D eigenvalue weighted by atomic mass is 10.1. The number of hydrogen-bond donors (Lipinski definition) is 1. The first-order chi connectivity index (χ1) is 14.2. The summed E-state index contributed by atoms with van der Waals surface area (Å²) in [5.41, 5.74) is 5.06. The van der Waals surface area contributed by atoms with E-state index in [9.17, 15) is 4.79 Å². The molecular weight excluding hydrogens is 358 g/mol. The van der Waals surface area contributed by atoms with Crippen LogP contribution in [0.2, 0.25) is 0 Å². The lowest BCUT2D eigenvalue weighted by Crippen LogP contribution is -2.15. The summed E-state index contributed by atoms with van der Waals surface area (Å²) >= 11 is 0. The van der Waals surface area contributed by atoms with Crippen LogP contribution in [0.15, 0.2) is 91.3 Å². The van der Waals surface area contributed by atoms with Crippen LogP contribution in [0.25, 0.3) is 27.5 Å². The SMILES string of the molecule is Cc1ccc(-n2ccc3ccccc32)c(C(=O)Nc2cccc3cccnc23)c1. The molecule has 140 valence electrons. The molecule has 2 aromatic heterocycles. The van der Waals surface area contributed by atoms with Crippen LogP contribution >= 0.6 is 0 Å². The highest BCUT2D eigenvalue weighted by Crippen LogP contribution is 2.26. The number of carbonyl (C=O) groups excluding carboxylic acids is 1. The first-order valence-corrected chi connectivity index (χ1v) is 9.53. The lowest BCUT2D eigenvalue weighted by Gasteiger charge is -2.14. The summed E-state index contributed by atoms with van der Waals surface area (Å²) in [7, 11) is 0. The minimum atomic E-state index is -0.153. The van der Waals surface area contributed by atoms with E-state index >= 15 is 0 Å². The van der Waals surface area contributed by atoms with Crippen molar-refractivity contribution in [2.45, 2.75) is 6.92 Å². The molecule has 0 saturated heterocycles. The van der Waals surface area contributed by atoms with Gasteiger partial charge in [0.25, 0.3) is 5.91 Å². The quantitative estimate of drug-likeness (QED) is 0.436. The van der Waals surface area contributed by atoms with E-state index in [0.29, 0.717) is 11.3 Å². The number of fused-ring (bicyclic) bond motifs is 2. The molecule has 0 aliphatic heterocycles. The van der Waals surface area contributed by atoms with Crippen LogP contribution in [0, 0.1) is 6.92 Å². The molecule has 3 aromatic carbocycles. The third-order valence-electron chi connectivity index (χ3n) is 5.14. The number of amides is 1. The van der Waals surface area contributed by atoms with Crippen LogP contribution in [0.1, 0.15) is 15.9 Å². The van der Waals surface area contributed by atoms with E-state index in [-0.39, 0.29) is 5.91 Å². The van der Waals surface area contributed by atoms with Crippen molar-refractivity contribution in [3.05, 3.63) is 102 Å². The molecule has 0 fully saturated rings. The average molecular weight is 377 g/mol. The standard InChI is InChI=1S/C25H19N3O/c1-17-11-12-23(28-15-13-18-6-2-3-10-22(18)28)20(16-17)25(29)27-21-9-4-7-19-8-5-14-26-24(19)21/h2-16H,1H3,(H,27,29). The van der Waals surface area contributed by atoms with Crippen LogP contribution in [-0.4, -0.2) is 15.5 Å². The number of anilines is 1. The van der Waals surface area contributed by atoms with Crippen LogP contribution in [0.5, 0.6) is 0 Å². The summed E-state index contributed by atoms with van der Waals surface area (Å²) in [6, 6.07) is 25.9. The van der Waals surface area contributed by atoms with Crippen molar-refractivity contribution in [2.24, 2.45) is 0 Å². The Hall–Kier alpha value is -3.92. The largest absolute Gasteiger partial charge is 0.320 e. The highest BCUT2D eigenvalue weighted by molar-refractivity contribution is 6.10. The molecule has 4 nitrogen and oxygen atoms in total. The van der Waals surface area contributed by atoms with E-state index in [0.717, 1.165) is 33.1 Å². The average Bonchev–Trinajstić information content (AvgIpc) is 3.18. The number of nitrogens with zero attached hydrogens (tertiary/aromatic N) is 2. The number of aromatic nitrogens is 2. The fourth-order valence-electron chi connectivity index (χ4n) is 3.73. The van der Waals surface area contributed by atoms with Gasteiger partial charge in [-0.15, -0.1) is 0 Å². The van der Waals surface area contributed by atoms with Gasteiger partial charge in [-0.25, -0.2) is 0 Å². The maximum Gasteiger partial charge on any atom is 0.257 e. The summed E-state index contributed by atoms with van der Waals surface area (Å²) in [5, 5.41) is 5.19. The number of pyridine rings is 1. The van der Waals surface area contributed by atoms with Gasteiger partial charge < -0.3 is 9.88 Å². The number of aryl methyl sites for hydroxylation is 1. The summed E-state index contributed by atoms with van der Waals surface area (Å²) in [6.45, 7) is 1.99. The van der Waals surface area contributed by atoms with E-state index in [2.05, 4.69) is 33.1 Å². The van der Waals surface area contributed by atoms with Crippen molar-refractivity contribution in [3.8, 4) is 5.69 Å². The minimum absolute atomic E-state index is 0.153. The van der Waals surface area contributed by atoms with Crippen LogP contribution < -0.4 is 5.32 Å². The number of benzene rings is 3. The van der Waals surface area contributed by atoms with Gasteiger partial charge in [-0.1, -0.05) is 48.0 Å². The van der Waals surface area contributed by atoms with Crippen molar-refractivity contribution < 1.29 is 4.79 Å². The second kappa shape index (κ2) is 6.91. The second-order valence-electron chi connectivity index (χ2n) is 7.10. The van der Waals surface area contributed by atoms with E-state index in [1.54, 1.807) is 6.20 Å². The Morgan fingerprint density at radius 1 is 0.897 bits per heavy atom. The summed E-state index contributed by atoms with van der Waals surface area (Å²) in [5.74, 6) is -0.153. The summed E-state index contributed by atoms with van der Waals surface area (Å²) in [6.07, 6.45) is 3.74. The Labute approximate surface area is 168 Å². The molecule has 0 aliphatic carbocycles. The molecule has 0 atom stereocenters. The van der Waals surface area contributed by atoms with Gasteiger partial charge in [0.1, 0.15) is 0 Å². The Morgan fingerprint density at radius 3 is 2.66 bits per heavy atom. The Balaban J connectivity index is 1.61. The number of rotatable bonds is 3. The van der Waals surface area contributed by atoms with Gasteiger partial charge in [0.15, 0.2) is 0 Å². The van der Waals surface area contributed by atoms with Crippen molar-refractivity contribution in [3.63, 3.8) is 0 Å². The second-order valence-corrected chi connectivity index (χ2v) is 7.10. The molecule has 0 spiro atoms. The monoisotopic (exact) mass is 377 g/mol. The lowest BCUT2D eigenvalue weighted by molar-refractivity contribution is 0.102. The minimum Gasteiger partial charge on any atom is -0.320 e. The normalized spacial score (nSPS) is 11.1. The Kier molecular flexibility index (Phi) is 4.10. The number of para-hydroxylation sites is 2. The van der Waals surface area contributed by atoms with E-state index < -0.39 is 0 Å². The van der Waals surface area contributed by atoms with Gasteiger partial charge >= 0.3 is 0 Å². The third-order valence-corrected chi connectivity index (χ3v) is 5.14. The Morgan fingerprint density at radius 2 is 1.72 bits per heavy atom. The Bertz CT molecular complexity index is 1360. The van der Waals surface area contributed by atoms with E-state index in [1.165, 1.54) is 0 Å². The molecule has 0 saturated carbocycles. The zero-order chi connectivity index (χ0) is 19.8. The smallest absolute Gasteiger partial charge is 0.257 e. The fourth-order valence-corrected chi connectivity index (χ4v) is 3.73. The number of hydrogen-bond acceptors (Lipinski definition) is 2. The van der Waals surface area contributed by atoms with Gasteiger partial charge in [-0.3, -0.25) is 9.78 Å². The van der Waals surface area contributed by atoms with Gasteiger partial charge in [-0.2, -0.15) is 0 Å². The molecule has 0 unspecified atom stereocenters. The number of carbonyl (C=O) groups is 1. The highest BCUT2D eigenvalue weighted by atomic mass is 16.1. The molecule has 0 radical (unpaired) electrons. The summed E-state index contributed by atoms with van der Waals surface area (Å²) < 4.78 is 2.06. The van der Waals surface area contributed by atoms with Gasteiger partial charge in [0.2, 0.25) is 0 Å². The molecule has 5 rings (SSSR count). The van der Waals surface area contributed by atoms with Crippen molar-refractivity contribution in [1.29, 1.82) is 0 Å². The summed E-state index contributed by atoms with van der Waals surface area (Å²) in [4.78, 5) is 17.7. The maximum absolute atomic E-state index is 13.3. The van der Waals surface area contributed by atoms with Crippen LogP contribution in [-0.2, 0) is 0 Å². The zero-order valence-electron chi connectivity index (χ0n) is 16.0. The fraction of sp³-hybridized carbons (Fsp3) is 0.0400. The van der Waals surface area contributed by atoms with Crippen LogP contribution in [0.4, 0.5) is 5.69 Å². The topological polar surface area (TPSA) is 46.9 Å². The van der Waals surface area contributed by atoms with Crippen LogP contribution in [0.3, 0.4) is 0 Å². The first-order valence-electron chi connectivity index (χ1n) is 9.53. The molecule has 0 aliphatic rings. The van der Waals surface area contributed by atoms with Crippen molar-refractivity contribution >= 4 is 33.4 Å². The molecule has 4 heteroatoms. The molecule has 0 bridgehead atoms. The maximum atomic E-state index is 13.3. The molecule has 1 amide bonds. The van der Waals surface area contributed by atoms with E-state index in [4.69, 9.17) is 0 Å². The molecule has 2 heterocycles. The molecular formula is C25H19N3O. The first kappa shape index (κ1) is 17.2. The van der Waals surface area contributed by atoms with Gasteiger partial charge in [0, 0.05) is 17.8 Å². The molecule has 5 aromatic rings. The third kappa shape index (κ3) is 3.05. The number of nitrogens with one attached hydrogen (secondary N) is 1. The predicted molar refractivity (Wildman–Crippen MR) is 118 cm³/mol. The zero-order valence-corrected chi connectivity index (χ0v) is 16.0. The molecule has 1 N–H and O–H groups in total. The highest BCUT2D eigenvalue weighted by Gasteiger charge is 2.16. The van der Waals surface area contributed by atoms with Crippen molar-refractivity contribution in [2.75, 3.05) is 5.32 Å². The molecule has 29 heavy (non-hydrogen) atoms. The van der Waals surface area contributed by atoms with Gasteiger partial charge in [0.05, 0.1) is 28.0 Å². The van der Waals surface area contributed by atoms with Crippen molar-refractivity contribution in [1.82, 2.24) is 9.55 Å².